The molecule has 0 bridgehead atoms. The second-order valence-electron chi connectivity index (χ2n) is 1.68. The summed E-state index contributed by atoms with van der Waals surface area (Å²) in [6.45, 7) is 0.128. The lowest BCUT2D eigenvalue weighted by Crippen LogP contribution is -2.18. The van der Waals surface area contributed by atoms with Crippen molar-refractivity contribution in [1.82, 2.24) is 0 Å². The van der Waals surface area contributed by atoms with E-state index in [-0.39, 0.29) is 13.0 Å². The Morgan fingerprint density at radius 1 is 1.50 bits per heavy atom. The van der Waals surface area contributed by atoms with Crippen LogP contribution in [0.4, 0.5) is 8.78 Å². The van der Waals surface area contributed by atoms with E-state index >= 15 is 0 Å². The maximum absolute atomic E-state index is 12.0. The Hall–Kier alpha value is -0.600. The average Bonchev–Trinajstić information content (AvgIpc) is 1.65. The van der Waals surface area contributed by atoms with Crippen molar-refractivity contribution in [1.29, 1.82) is 0 Å². The molecule has 0 aromatic rings. The Labute approximate surface area is 45.9 Å². The second kappa shape index (κ2) is 1.73. The molecule has 0 saturated heterocycles. The predicted molar refractivity (Wildman–Crippen MR) is 24.7 cm³/mol. The van der Waals surface area contributed by atoms with Crippen LogP contribution in [0.1, 0.15) is 6.42 Å². The first-order valence-electron chi connectivity index (χ1n) is 2.38. The highest BCUT2D eigenvalue weighted by atomic mass is 19.3. The molecular formula is C5H6F2O. The van der Waals surface area contributed by atoms with Gasteiger partial charge in [-0.05, 0) is 0 Å². The summed E-state index contributed by atoms with van der Waals surface area (Å²) >= 11 is 0. The molecule has 0 amide bonds. The first-order valence-corrected chi connectivity index (χ1v) is 2.38. The van der Waals surface area contributed by atoms with E-state index in [2.05, 4.69) is 4.74 Å². The lowest BCUT2D eigenvalue weighted by Gasteiger charge is -2.14. The van der Waals surface area contributed by atoms with Gasteiger partial charge in [-0.15, -0.1) is 0 Å². The zero-order valence-corrected chi connectivity index (χ0v) is 4.23. The average molecular weight is 120 g/mol. The lowest BCUT2D eigenvalue weighted by atomic mass is 10.2. The van der Waals surface area contributed by atoms with Gasteiger partial charge in [-0.2, -0.15) is 0 Å². The van der Waals surface area contributed by atoms with Crippen molar-refractivity contribution in [2.75, 3.05) is 6.61 Å². The van der Waals surface area contributed by atoms with Crippen LogP contribution in [0.15, 0.2) is 12.3 Å². The Morgan fingerprint density at radius 3 is 2.50 bits per heavy atom. The standard InChI is InChI=1S/C5H6F2O/c6-5(7)1-3-8-4-2-5/h1,3H,2,4H2. The molecular weight excluding hydrogens is 114 g/mol. The number of alkyl halides is 2. The fourth-order valence-electron chi connectivity index (χ4n) is 0.494. The first-order chi connectivity index (χ1) is 3.71. The van der Waals surface area contributed by atoms with Crippen LogP contribution >= 0.6 is 0 Å². The molecule has 0 fully saturated rings. The molecule has 1 aliphatic heterocycles. The number of ether oxygens (including phenoxy) is 1. The zero-order chi connectivity index (χ0) is 6.04. The quantitative estimate of drug-likeness (QED) is 0.471. The van der Waals surface area contributed by atoms with Crippen LogP contribution in [0.3, 0.4) is 0 Å². The van der Waals surface area contributed by atoms with Gasteiger partial charge in [0.05, 0.1) is 12.9 Å². The Balaban J connectivity index is 2.56. The predicted octanol–water partition coefficient (Wildman–Crippen LogP) is 1.56. The summed E-state index contributed by atoms with van der Waals surface area (Å²) in [5.74, 6) is -2.63. The van der Waals surface area contributed by atoms with Gasteiger partial charge in [0.25, 0.3) is 5.92 Å². The summed E-state index contributed by atoms with van der Waals surface area (Å²) < 4.78 is 28.6. The molecule has 0 N–H and O–H groups in total. The SMILES string of the molecule is FC1(F)C=COCC1. The van der Waals surface area contributed by atoms with Gasteiger partial charge in [-0.1, -0.05) is 0 Å². The van der Waals surface area contributed by atoms with E-state index in [4.69, 9.17) is 0 Å². The summed E-state index contributed by atoms with van der Waals surface area (Å²) in [5.41, 5.74) is 0. The molecule has 1 rings (SSSR count). The molecule has 0 aromatic heterocycles. The van der Waals surface area contributed by atoms with E-state index in [9.17, 15) is 8.78 Å². The van der Waals surface area contributed by atoms with Crippen LogP contribution in [-0.2, 0) is 4.74 Å². The van der Waals surface area contributed by atoms with Crippen molar-refractivity contribution < 1.29 is 13.5 Å². The van der Waals surface area contributed by atoms with Crippen molar-refractivity contribution in [3.05, 3.63) is 12.3 Å². The third-order valence-corrected chi connectivity index (χ3v) is 0.961. The molecule has 46 valence electrons. The molecule has 0 unspecified atom stereocenters. The van der Waals surface area contributed by atoms with Crippen LogP contribution in [-0.4, -0.2) is 12.5 Å². The van der Waals surface area contributed by atoms with E-state index in [1.807, 2.05) is 0 Å². The minimum atomic E-state index is -2.63. The highest BCUT2D eigenvalue weighted by Gasteiger charge is 2.26. The first kappa shape index (κ1) is 5.54. The molecule has 1 heterocycles. The summed E-state index contributed by atoms with van der Waals surface area (Å²) in [7, 11) is 0. The van der Waals surface area contributed by atoms with Crippen LogP contribution in [0, 0.1) is 0 Å². The highest BCUT2D eigenvalue weighted by Crippen LogP contribution is 2.22. The minimum absolute atomic E-state index is 0.128. The largest absolute Gasteiger partial charge is 0.501 e. The third kappa shape index (κ3) is 1.18. The maximum Gasteiger partial charge on any atom is 0.272 e. The fraction of sp³-hybridized carbons (Fsp3) is 0.600. The van der Waals surface area contributed by atoms with Crippen molar-refractivity contribution >= 4 is 0 Å². The second-order valence-corrected chi connectivity index (χ2v) is 1.68. The maximum atomic E-state index is 12.0. The van der Waals surface area contributed by atoms with E-state index in [0.717, 1.165) is 12.3 Å². The van der Waals surface area contributed by atoms with Crippen molar-refractivity contribution in [3.63, 3.8) is 0 Å². The zero-order valence-electron chi connectivity index (χ0n) is 4.23. The Kier molecular flexibility index (Phi) is 1.19. The molecule has 0 aromatic carbocycles. The summed E-state index contributed by atoms with van der Waals surface area (Å²) in [5, 5.41) is 0. The molecule has 0 saturated carbocycles. The van der Waals surface area contributed by atoms with E-state index in [0.29, 0.717) is 0 Å². The van der Waals surface area contributed by atoms with Crippen LogP contribution in [0.2, 0.25) is 0 Å². The van der Waals surface area contributed by atoms with Gasteiger partial charge in [0, 0.05) is 12.5 Å². The minimum Gasteiger partial charge on any atom is -0.501 e. The van der Waals surface area contributed by atoms with Gasteiger partial charge < -0.3 is 4.74 Å². The van der Waals surface area contributed by atoms with Gasteiger partial charge in [-0.25, -0.2) is 8.78 Å². The van der Waals surface area contributed by atoms with Gasteiger partial charge in [0.15, 0.2) is 0 Å². The lowest BCUT2D eigenvalue weighted by molar-refractivity contribution is 0.00616. The molecule has 0 spiro atoms. The summed E-state index contributed by atoms with van der Waals surface area (Å²) in [4.78, 5) is 0. The summed E-state index contributed by atoms with van der Waals surface area (Å²) in [6, 6.07) is 0. The fourth-order valence-corrected chi connectivity index (χ4v) is 0.494. The topological polar surface area (TPSA) is 9.23 Å². The Morgan fingerprint density at radius 2 is 2.25 bits per heavy atom. The number of halogens is 2. The number of allylic oxidation sites excluding steroid dienone is 1. The smallest absolute Gasteiger partial charge is 0.272 e. The monoisotopic (exact) mass is 120 g/mol. The van der Waals surface area contributed by atoms with Gasteiger partial charge >= 0.3 is 0 Å². The molecule has 0 radical (unpaired) electrons. The van der Waals surface area contributed by atoms with Crippen molar-refractivity contribution in [2.24, 2.45) is 0 Å². The van der Waals surface area contributed by atoms with Gasteiger partial charge in [0.1, 0.15) is 0 Å². The van der Waals surface area contributed by atoms with Crippen LogP contribution in [0.5, 0.6) is 0 Å². The highest BCUT2D eigenvalue weighted by molar-refractivity contribution is 4.93. The van der Waals surface area contributed by atoms with Crippen molar-refractivity contribution in [2.45, 2.75) is 12.3 Å². The molecule has 1 aliphatic rings. The number of hydrogen-bond donors (Lipinski definition) is 0. The molecule has 3 heteroatoms. The van der Waals surface area contributed by atoms with E-state index < -0.39 is 5.92 Å². The molecule has 1 nitrogen and oxygen atoms in total. The molecule has 0 atom stereocenters. The van der Waals surface area contributed by atoms with Gasteiger partial charge in [-0.3, -0.25) is 0 Å². The Bertz CT molecular complexity index is 109. The molecule has 0 aliphatic carbocycles. The van der Waals surface area contributed by atoms with E-state index in [1.54, 1.807) is 0 Å². The van der Waals surface area contributed by atoms with Crippen LogP contribution < -0.4 is 0 Å². The number of rotatable bonds is 0. The van der Waals surface area contributed by atoms with Crippen LogP contribution in [0.25, 0.3) is 0 Å². The van der Waals surface area contributed by atoms with E-state index in [1.165, 1.54) is 0 Å². The van der Waals surface area contributed by atoms with Crippen molar-refractivity contribution in [3.8, 4) is 0 Å². The summed E-state index contributed by atoms with van der Waals surface area (Å²) in [6.07, 6.45) is 1.63. The van der Waals surface area contributed by atoms with Gasteiger partial charge in [0.2, 0.25) is 0 Å². The number of hydrogen-bond acceptors (Lipinski definition) is 1. The molecule has 8 heavy (non-hydrogen) atoms. The third-order valence-electron chi connectivity index (χ3n) is 0.961. The normalized spacial score (nSPS) is 24.8.